The Balaban J connectivity index is 4.39. The van der Waals surface area contributed by atoms with Crippen LogP contribution >= 0.6 is 7.82 Å². The average molecular weight is 771 g/mol. The molecule has 3 unspecified atom stereocenters. The Morgan fingerprint density at radius 2 is 1.09 bits per heavy atom. The van der Waals surface area contributed by atoms with Crippen LogP contribution in [0.2, 0.25) is 0 Å². The van der Waals surface area contributed by atoms with E-state index in [1.807, 2.05) is 21.1 Å². The summed E-state index contributed by atoms with van der Waals surface area (Å²) in [5, 5.41) is 13.9. The highest BCUT2D eigenvalue weighted by molar-refractivity contribution is 7.45. The third kappa shape index (κ3) is 39.0. The molecule has 1 amide bonds. The van der Waals surface area contributed by atoms with E-state index < -0.39 is 20.0 Å². The molecule has 0 aromatic carbocycles. The molecule has 0 bridgehead atoms. The highest BCUT2D eigenvalue weighted by atomic mass is 31.2. The number of carbonyl (C=O) groups is 1. The van der Waals surface area contributed by atoms with Gasteiger partial charge < -0.3 is 28.8 Å². The van der Waals surface area contributed by atoms with Gasteiger partial charge in [0, 0.05) is 6.42 Å². The van der Waals surface area contributed by atoms with Gasteiger partial charge in [-0.2, -0.15) is 0 Å². The molecule has 0 aromatic heterocycles. The van der Waals surface area contributed by atoms with Crippen molar-refractivity contribution in [2.24, 2.45) is 0 Å². The van der Waals surface area contributed by atoms with Crippen LogP contribution in [0.3, 0.4) is 0 Å². The molecule has 0 saturated carbocycles. The van der Waals surface area contributed by atoms with Crippen molar-refractivity contribution in [3.63, 3.8) is 0 Å². The van der Waals surface area contributed by atoms with Crippen LogP contribution in [0.15, 0.2) is 24.3 Å². The third-order valence-corrected chi connectivity index (χ3v) is 10.9. The quantitative estimate of drug-likeness (QED) is 0.0278. The zero-order chi connectivity index (χ0) is 39.3. The highest BCUT2D eigenvalue weighted by Crippen LogP contribution is 2.38. The number of aliphatic hydroxyl groups excluding tert-OH is 1. The predicted octanol–water partition coefficient (Wildman–Crippen LogP) is 11.5. The monoisotopic (exact) mass is 771 g/mol. The Labute approximate surface area is 328 Å². The summed E-state index contributed by atoms with van der Waals surface area (Å²) >= 11 is 0. The predicted molar refractivity (Wildman–Crippen MR) is 224 cm³/mol. The maximum absolute atomic E-state index is 12.8. The van der Waals surface area contributed by atoms with Gasteiger partial charge in [0.15, 0.2) is 0 Å². The SMILES string of the molecule is CCCCC/C=C\C/C=C\CCCCCCCC(=O)NC(COP(=O)([O-])OCC[N+](C)(C)C)C(O)CCCCCCCCCCCCCCCCCC. The van der Waals surface area contributed by atoms with Crippen LogP contribution in [-0.2, 0) is 18.4 Å². The van der Waals surface area contributed by atoms with Crippen molar-refractivity contribution in [1.82, 2.24) is 5.32 Å². The number of nitrogens with one attached hydrogen (secondary N) is 1. The molecule has 0 radical (unpaired) electrons. The average Bonchev–Trinajstić information content (AvgIpc) is 3.10. The second kappa shape index (κ2) is 36.6. The lowest BCUT2D eigenvalue weighted by atomic mass is 10.0. The van der Waals surface area contributed by atoms with Gasteiger partial charge in [0.1, 0.15) is 13.2 Å². The van der Waals surface area contributed by atoms with Gasteiger partial charge >= 0.3 is 0 Å². The molecule has 53 heavy (non-hydrogen) atoms. The zero-order valence-corrected chi connectivity index (χ0v) is 36.4. The maximum Gasteiger partial charge on any atom is 0.268 e. The van der Waals surface area contributed by atoms with Crippen LogP contribution in [0.1, 0.15) is 200 Å². The number of quaternary nitrogens is 1. The van der Waals surface area contributed by atoms with Crippen molar-refractivity contribution in [1.29, 1.82) is 0 Å². The second-order valence-corrected chi connectivity index (χ2v) is 17.8. The lowest BCUT2D eigenvalue weighted by Gasteiger charge is -2.30. The van der Waals surface area contributed by atoms with Crippen molar-refractivity contribution >= 4 is 13.7 Å². The number of hydrogen-bond donors (Lipinski definition) is 2. The first-order chi connectivity index (χ1) is 25.5. The number of phosphoric acid groups is 1. The number of likely N-dealkylation sites (N-methyl/N-ethyl adjacent to an activating group) is 1. The molecule has 0 aromatic rings. The first-order valence-electron chi connectivity index (χ1n) is 22.2. The summed E-state index contributed by atoms with van der Waals surface area (Å²) in [5.41, 5.74) is 0. The summed E-state index contributed by atoms with van der Waals surface area (Å²) in [6.07, 6.45) is 41.7. The minimum absolute atomic E-state index is 0.00980. The van der Waals surface area contributed by atoms with Crippen LogP contribution in [0.5, 0.6) is 0 Å². The number of amides is 1. The van der Waals surface area contributed by atoms with E-state index in [4.69, 9.17) is 9.05 Å². The van der Waals surface area contributed by atoms with Crippen molar-refractivity contribution in [3.8, 4) is 0 Å². The van der Waals surface area contributed by atoms with Gasteiger partial charge in [-0.25, -0.2) is 0 Å². The molecule has 9 heteroatoms. The number of aliphatic hydroxyl groups is 1. The Hall–Kier alpha value is -1.02. The Morgan fingerprint density at radius 1 is 0.660 bits per heavy atom. The van der Waals surface area contributed by atoms with Crippen molar-refractivity contribution < 1.29 is 32.9 Å². The van der Waals surface area contributed by atoms with Crippen LogP contribution in [-0.4, -0.2) is 68.5 Å². The highest BCUT2D eigenvalue weighted by Gasteiger charge is 2.24. The Morgan fingerprint density at radius 3 is 1.60 bits per heavy atom. The van der Waals surface area contributed by atoms with E-state index in [0.29, 0.717) is 23.9 Å². The van der Waals surface area contributed by atoms with E-state index >= 15 is 0 Å². The van der Waals surface area contributed by atoms with Crippen LogP contribution in [0.25, 0.3) is 0 Å². The molecule has 0 rings (SSSR count). The molecule has 0 fully saturated rings. The summed E-state index contributed by atoms with van der Waals surface area (Å²) in [4.78, 5) is 25.3. The topological polar surface area (TPSA) is 108 Å². The Bertz CT molecular complexity index is 922. The molecular weight excluding hydrogens is 683 g/mol. The maximum atomic E-state index is 12.8. The molecule has 3 atom stereocenters. The fraction of sp³-hybridized carbons (Fsp3) is 0.886. The van der Waals surface area contributed by atoms with E-state index in [1.54, 1.807) is 0 Å². The number of hydrogen-bond acceptors (Lipinski definition) is 6. The molecule has 314 valence electrons. The van der Waals surface area contributed by atoms with Gasteiger partial charge in [-0.1, -0.05) is 173 Å². The second-order valence-electron chi connectivity index (χ2n) is 16.4. The van der Waals surface area contributed by atoms with Crippen LogP contribution in [0, 0.1) is 0 Å². The molecule has 2 N–H and O–H groups in total. The van der Waals surface area contributed by atoms with Gasteiger partial charge in [0.25, 0.3) is 7.82 Å². The van der Waals surface area contributed by atoms with E-state index in [9.17, 15) is 19.4 Å². The van der Waals surface area contributed by atoms with Gasteiger partial charge in [-0.15, -0.1) is 0 Å². The molecule has 0 spiro atoms. The molecule has 0 aliphatic carbocycles. The molecule has 8 nitrogen and oxygen atoms in total. The minimum atomic E-state index is -4.56. The Kier molecular flexibility index (Phi) is 35.9. The number of carbonyl (C=O) groups excluding carboxylic acids is 1. The van der Waals surface area contributed by atoms with Gasteiger partial charge in [-0.3, -0.25) is 9.36 Å². The number of phosphoric ester groups is 1. The van der Waals surface area contributed by atoms with Gasteiger partial charge in [-0.05, 0) is 44.9 Å². The third-order valence-electron chi connectivity index (χ3n) is 9.94. The van der Waals surface area contributed by atoms with E-state index in [0.717, 1.165) is 64.2 Å². The van der Waals surface area contributed by atoms with Gasteiger partial charge in [0.05, 0.1) is 39.9 Å². The first kappa shape index (κ1) is 52.0. The fourth-order valence-corrected chi connectivity index (χ4v) is 7.09. The molecule has 0 saturated heterocycles. The molecular formula is C44H87N2O6P. The summed E-state index contributed by atoms with van der Waals surface area (Å²) in [7, 11) is 1.30. The largest absolute Gasteiger partial charge is 0.756 e. The lowest BCUT2D eigenvalue weighted by Crippen LogP contribution is -2.46. The summed E-state index contributed by atoms with van der Waals surface area (Å²) in [6, 6.07) is -0.805. The summed E-state index contributed by atoms with van der Waals surface area (Å²) < 4.78 is 23.2. The van der Waals surface area contributed by atoms with E-state index in [-0.39, 0.29) is 19.1 Å². The first-order valence-corrected chi connectivity index (χ1v) is 23.6. The zero-order valence-electron chi connectivity index (χ0n) is 35.5. The summed E-state index contributed by atoms with van der Waals surface area (Å²) in [5.74, 6) is -0.179. The minimum Gasteiger partial charge on any atom is -0.756 e. The lowest BCUT2D eigenvalue weighted by molar-refractivity contribution is -0.870. The van der Waals surface area contributed by atoms with E-state index in [1.165, 1.54) is 109 Å². The molecule has 0 heterocycles. The smallest absolute Gasteiger partial charge is 0.268 e. The molecule has 0 aliphatic rings. The number of rotatable bonds is 40. The number of unbranched alkanes of at least 4 members (excludes halogenated alkanes) is 23. The van der Waals surface area contributed by atoms with Gasteiger partial charge in [0.2, 0.25) is 5.91 Å². The van der Waals surface area contributed by atoms with E-state index in [2.05, 4.69) is 43.5 Å². The fourth-order valence-electron chi connectivity index (χ4n) is 6.36. The van der Waals surface area contributed by atoms with Crippen LogP contribution < -0.4 is 10.2 Å². The number of nitrogens with zero attached hydrogens (tertiary/aromatic N) is 1. The standard InChI is InChI=1S/C44H87N2O6P/c1-6-8-10-12-14-16-18-20-22-24-25-27-29-31-33-35-37-43(47)42(41-52-53(49,50)51-40-39-46(3,4)5)45-44(48)38-36-34-32-30-28-26-23-21-19-17-15-13-11-9-7-2/h15,17,21,23,42-43,47H,6-14,16,18-20,22,24-41H2,1-5H3,(H-,45,48,49,50)/b17-15-,23-21-. The molecule has 0 aliphatic heterocycles. The normalized spacial score (nSPS) is 14.6. The summed E-state index contributed by atoms with van der Waals surface area (Å²) in [6.45, 7) is 4.68. The van der Waals surface area contributed by atoms with Crippen molar-refractivity contribution in [3.05, 3.63) is 24.3 Å². The van der Waals surface area contributed by atoms with Crippen molar-refractivity contribution in [2.75, 3.05) is 40.9 Å². The number of allylic oxidation sites excluding steroid dienone is 4. The van der Waals surface area contributed by atoms with Crippen LogP contribution in [0.4, 0.5) is 0 Å². The van der Waals surface area contributed by atoms with Crippen molar-refractivity contribution in [2.45, 2.75) is 212 Å².